The number of aliphatic carboxylic acids is 1. The van der Waals surface area contributed by atoms with E-state index in [-0.39, 0.29) is 17.9 Å². The van der Waals surface area contributed by atoms with Gasteiger partial charge in [0.25, 0.3) is 0 Å². The van der Waals surface area contributed by atoms with Crippen molar-refractivity contribution in [3.63, 3.8) is 0 Å². The summed E-state index contributed by atoms with van der Waals surface area (Å²) < 4.78 is 0. The molecular formula is C16H29N3O4. The van der Waals surface area contributed by atoms with Crippen LogP contribution >= 0.6 is 0 Å². The molecule has 1 fully saturated rings. The molecule has 132 valence electrons. The zero-order valence-corrected chi connectivity index (χ0v) is 14.5. The van der Waals surface area contributed by atoms with Gasteiger partial charge < -0.3 is 20.6 Å². The number of carboxylic acids is 1. The lowest BCUT2D eigenvalue weighted by molar-refractivity contribution is -0.148. The predicted molar refractivity (Wildman–Crippen MR) is 87.0 cm³/mol. The number of carboxylic acid groups (broad SMARTS) is 1. The first-order chi connectivity index (χ1) is 10.7. The van der Waals surface area contributed by atoms with Gasteiger partial charge >= 0.3 is 12.0 Å². The van der Waals surface area contributed by atoms with Gasteiger partial charge in [0.05, 0.1) is 5.92 Å². The second-order valence-electron chi connectivity index (χ2n) is 6.85. The van der Waals surface area contributed by atoms with E-state index >= 15 is 0 Å². The summed E-state index contributed by atoms with van der Waals surface area (Å²) in [5.41, 5.74) is -1.26. The maximum atomic E-state index is 12.4. The quantitative estimate of drug-likeness (QED) is 0.687. The van der Waals surface area contributed by atoms with Crippen LogP contribution in [0.15, 0.2) is 0 Å². The molecule has 0 aromatic carbocycles. The summed E-state index contributed by atoms with van der Waals surface area (Å²) in [5.74, 6) is -1.34. The molecule has 3 N–H and O–H groups in total. The number of nitrogens with one attached hydrogen (secondary N) is 2. The highest BCUT2D eigenvalue weighted by Gasteiger charge is 2.36. The predicted octanol–water partition coefficient (Wildman–Crippen LogP) is 1.43. The van der Waals surface area contributed by atoms with Crippen LogP contribution in [0, 0.1) is 11.8 Å². The third-order valence-corrected chi connectivity index (χ3v) is 4.32. The standard InChI is InChI=1S/C16H29N3O4/c1-5-16(4,14(21)22)18-13(20)12-7-6-8-19(10-12)15(23)17-9-11(2)3/h11-12H,5-10H2,1-4H3,(H,17,23)(H,18,20)(H,21,22). The Morgan fingerprint density at radius 1 is 1.35 bits per heavy atom. The summed E-state index contributed by atoms with van der Waals surface area (Å²) in [5, 5.41) is 14.7. The molecule has 0 saturated carbocycles. The van der Waals surface area contributed by atoms with Gasteiger partial charge in [-0.3, -0.25) is 4.79 Å². The molecule has 1 aliphatic rings. The molecule has 23 heavy (non-hydrogen) atoms. The number of likely N-dealkylation sites (tertiary alicyclic amines) is 1. The number of amides is 3. The van der Waals surface area contributed by atoms with Crippen LogP contribution in [0.4, 0.5) is 4.79 Å². The van der Waals surface area contributed by atoms with E-state index in [1.165, 1.54) is 6.92 Å². The summed E-state index contributed by atoms with van der Waals surface area (Å²) in [4.78, 5) is 37.4. The van der Waals surface area contributed by atoms with E-state index in [2.05, 4.69) is 10.6 Å². The molecule has 0 radical (unpaired) electrons. The van der Waals surface area contributed by atoms with Crippen LogP contribution in [0.25, 0.3) is 0 Å². The average Bonchev–Trinajstić information content (AvgIpc) is 2.52. The molecule has 7 nitrogen and oxygen atoms in total. The number of carbonyl (C=O) groups is 3. The highest BCUT2D eigenvalue weighted by atomic mass is 16.4. The van der Waals surface area contributed by atoms with Gasteiger partial charge in [0.1, 0.15) is 5.54 Å². The van der Waals surface area contributed by atoms with E-state index < -0.39 is 11.5 Å². The third kappa shape index (κ3) is 5.41. The number of nitrogens with zero attached hydrogens (tertiary/aromatic N) is 1. The number of hydrogen-bond donors (Lipinski definition) is 3. The topological polar surface area (TPSA) is 98.7 Å². The Morgan fingerprint density at radius 3 is 2.52 bits per heavy atom. The Balaban J connectivity index is 2.62. The van der Waals surface area contributed by atoms with E-state index in [0.717, 1.165) is 6.42 Å². The average molecular weight is 327 g/mol. The number of rotatable bonds is 6. The van der Waals surface area contributed by atoms with E-state index in [9.17, 15) is 19.5 Å². The van der Waals surface area contributed by atoms with Gasteiger partial charge in [0.15, 0.2) is 0 Å². The SMILES string of the molecule is CCC(C)(NC(=O)C1CCCN(C(=O)NCC(C)C)C1)C(=O)O. The molecule has 0 aromatic rings. The minimum absolute atomic E-state index is 0.160. The lowest BCUT2D eigenvalue weighted by Gasteiger charge is -2.34. The van der Waals surface area contributed by atoms with E-state index in [0.29, 0.717) is 38.4 Å². The van der Waals surface area contributed by atoms with E-state index in [4.69, 9.17) is 0 Å². The van der Waals surface area contributed by atoms with Crippen molar-refractivity contribution in [2.24, 2.45) is 11.8 Å². The lowest BCUT2D eigenvalue weighted by Crippen LogP contribution is -2.56. The summed E-state index contributed by atoms with van der Waals surface area (Å²) in [6.07, 6.45) is 1.71. The zero-order valence-electron chi connectivity index (χ0n) is 14.5. The minimum atomic E-state index is -1.26. The van der Waals surface area contributed by atoms with Crippen LogP contribution in [-0.4, -0.2) is 53.1 Å². The molecule has 0 spiro atoms. The van der Waals surface area contributed by atoms with E-state index in [1.54, 1.807) is 11.8 Å². The Bertz CT molecular complexity index is 453. The fourth-order valence-electron chi connectivity index (χ4n) is 2.45. The van der Waals surface area contributed by atoms with Gasteiger partial charge in [-0.05, 0) is 32.1 Å². The largest absolute Gasteiger partial charge is 0.480 e. The molecule has 2 unspecified atom stereocenters. The van der Waals surface area contributed by atoms with Crippen LogP contribution in [0.3, 0.4) is 0 Å². The molecule has 1 heterocycles. The van der Waals surface area contributed by atoms with Crippen molar-refractivity contribution >= 4 is 17.9 Å². The second-order valence-corrected chi connectivity index (χ2v) is 6.85. The van der Waals surface area contributed by atoms with Crippen LogP contribution in [-0.2, 0) is 9.59 Å². The number of carbonyl (C=O) groups excluding carboxylic acids is 2. The fraction of sp³-hybridized carbons (Fsp3) is 0.812. The zero-order chi connectivity index (χ0) is 17.6. The molecular weight excluding hydrogens is 298 g/mol. The van der Waals surface area contributed by atoms with Gasteiger partial charge in [-0.15, -0.1) is 0 Å². The summed E-state index contributed by atoms with van der Waals surface area (Å²) in [6, 6.07) is -0.160. The first-order valence-electron chi connectivity index (χ1n) is 8.27. The van der Waals surface area contributed by atoms with Gasteiger partial charge in [0.2, 0.25) is 5.91 Å². The van der Waals surface area contributed by atoms with Crippen LogP contribution in [0.2, 0.25) is 0 Å². The Hall–Kier alpha value is -1.79. The molecule has 7 heteroatoms. The van der Waals surface area contributed by atoms with Crippen molar-refractivity contribution in [3.05, 3.63) is 0 Å². The van der Waals surface area contributed by atoms with Crippen molar-refractivity contribution < 1.29 is 19.5 Å². The maximum absolute atomic E-state index is 12.4. The van der Waals surface area contributed by atoms with Gasteiger partial charge in [-0.2, -0.15) is 0 Å². The lowest BCUT2D eigenvalue weighted by atomic mass is 9.93. The van der Waals surface area contributed by atoms with Crippen molar-refractivity contribution in [2.45, 2.75) is 52.5 Å². The van der Waals surface area contributed by atoms with Crippen molar-refractivity contribution in [2.75, 3.05) is 19.6 Å². The molecule has 0 aromatic heterocycles. The fourth-order valence-corrected chi connectivity index (χ4v) is 2.45. The van der Waals surface area contributed by atoms with Gasteiger partial charge in [-0.1, -0.05) is 20.8 Å². The normalized spacial score (nSPS) is 20.7. The summed E-state index contributed by atoms with van der Waals surface area (Å²) in [7, 11) is 0. The molecule has 1 aliphatic heterocycles. The Labute approximate surface area is 137 Å². The Morgan fingerprint density at radius 2 is 2.00 bits per heavy atom. The van der Waals surface area contributed by atoms with E-state index in [1.807, 2.05) is 13.8 Å². The van der Waals surface area contributed by atoms with Crippen molar-refractivity contribution in [1.82, 2.24) is 15.5 Å². The monoisotopic (exact) mass is 327 g/mol. The highest BCUT2D eigenvalue weighted by Crippen LogP contribution is 2.19. The van der Waals surface area contributed by atoms with Gasteiger partial charge in [0, 0.05) is 19.6 Å². The molecule has 0 aliphatic carbocycles. The number of hydrogen-bond acceptors (Lipinski definition) is 3. The van der Waals surface area contributed by atoms with Crippen molar-refractivity contribution in [1.29, 1.82) is 0 Å². The first-order valence-corrected chi connectivity index (χ1v) is 8.27. The van der Waals surface area contributed by atoms with Crippen LogP contribution in [0.1, 0.15) is 47.0 Å². The second kappa shape index (κ2) is 8.17. The molecule has 0 bridgehead atoms. The maximum Gasteiger partial charge on any atom is 0.329 e. The number of piperidine rings is 1. The first kappa shape index (κ1) is 19.3. The Kier molecular flexibility index (Phi) is 6.84. The number of urea groups is 1. The third-order valence-electron chi connectivity index (χ3n) is 4.32. The summed E-state index contributed by atoms with van der Waals surface area (Å²) in [6.45, 7) is 8.81. The molecule has 1 saturated heterocycles. The highest BCUT2D eigenvalue weighted by molar-refractivity contribution is 5.88. The molecule has 3 amide bonds. The molecule has 1 rings (SSSR count). The van der Waals surface area contributed by atoms with Crippen LogP contribution in [0.5, 0.6) is 0 Å². The smallest absolute Gasteiger partial charge is 0.329 e. The van der Waals surface area contributed by atoms with Crippen LogP contribution < -0.4 is 10.6 Å². The minimum Gasteiger partial charge on any atom is -0.480 e. The summed E-state index contributed by atoms with van der Waals surface area (Å²) >= 11 is 0. The molecule has 2 atom stereocenters. The van der Waals surface area contributed by atoms with Gasteiger partial charge in [-0.25, -0.2) is 9.59 Å². The van der Waals surface area contributed by atoms with Crippen molar-refractivity contribution in [3.8, 4) is 0 Å².